The van der Waals surface area contributed by atoms with Gasteiger partial charge in [-0.2, -0.15) is 5.10 Å². The van der Waals surface area contributed by atoms with Crippen molar-refractivity contribution in [1.82, 2.24) is 14.8 Å². The molecule has 2 aromatic heterocycles. The number of carbonyl (C=O) groups is 1. The third-order valence-electron chi connectivity index (χ3n) is 5.73. The van der Waals surface area contributed by atoms with Gasteiger partial charge in [0.2, 0.25) is 0 Å². The van der Waals surface area contributed by atoms with Gasteiger partial charge in [-0.1, -0.05) is 29.4 Å². The van der Waals surface area contributed by atoms with Crippen LogP contribution in [0.5, 0.6) is 0 Å². The molecule has 4 rings (SSSR count). The molecule has 0 amide bonds. The molecular formula is C22H23F2N5O3S. The summed E-state index contributed by atoms with van der Waals surface area (Å²) in [5.74, 6) is -0.758. The zero-order valence-electron chi connectivity index (χ0n) is 18.0. The predicted molar refractivity (Wildman–Crippen MR) is 119 cm³/mol. The molecule has 3 aromatic rings. The van der Waals surface area contributed by atoms with E-state index in [1.165, 1.54) is 16.9 Å². The minimum atomic E-state index is -2.77. The molecule has 3 N–H and O–H groups in total. The normalized spacial score (nSPS) is 16.1. The van der Waals surface area contributed by atoms with Crippen molar-refractivity contribution >= 4 is 23.1 Å². The molecular weight excluding hydrogens is 452 g/mol. The summed E-state index contributed by atoms with van der Waals surface area (Å²) in [5.41, 5.74) is 8.10. The van der Waals surface area contributed by atoms with Crippen LogP contribution in [0.3, 0.4) is 0 Å². The molecule has 1 atom stereocenters. The standard InChI is InChI=1S/C22H23F2N5O3S/c1-12-5-3-4-6-14(12)22(7-8-22)21(25)28-32-13(2)16-9-15(19(23)24)27-29(16)11-18-26-10-17(33-18)20(30)31/h3-6,9-10,13,19H,7-8,11H2,1-2H3,(H2,25,28)(H,30,31). The Kier molecular flexibility index (Phi) is 6.15. The van der Waals surface area contributed by atoms with Crippen LogP contribution in [0, 0.1) is 6.92 Å². The number of aromatic carboxylic acids is 1. The smallest absolute Gasteiger partial charge is 0.347 e. The number of carboxylic acids is 1. The zero-order chi connectivity index (χ0) is 23.8. The Bertz CT molecular complexity index is 1200. The number of oxime groups is 1. The third kappa shape index (κ3) is 4.58. The van der Waals surface area contributed by atoms with Gasteiger partial charge in [-0.05, 0) is 43.9 Å². The van der Waals surface area contributed by atoms with Crippen molar-refractivity contribution in [3.8, 4) is 0 Å². The molecule has 1 saturated carbocycles. The molecule has 1 aliphatic carbocycles. The summed E-state index contributed by atoms with van der Waals surface area (Å²) in [6.07, 6.45) is -0.559. The number of hydrogen-bond donors (Lipinski definition) is 2. The lowest BCUT2D eigenvalue weighted by Crippen LogP contribution is -2.30. The van der Waals surface area contributed by atoms with Gasteiger partial charge in [0.15, 0.2) is 6.10 Å². The highest BCUT2D eigenvalue weighted by Gasteiger charge is 2.49. The molecule has 1 unspecified atom stereocenters. The first-order valence-electron chi connectivity index (χ1n) is 10.3. The van der Waals surface area contributed by atoms with Crippen LogP contribution >= 0.6 is 11.3 Å². The first-order valence-corrected chi connectivity index (χ1v) is 11.1. The third-order valence-corrected chi connectivity index (χ3v) is 6.70. The maximum atomic E-state index is 13.3. The number of hydrogen-bond acceptors (Lipinski definition) is 6. The van der Waals surface area contributed by atoms with E-state index in [0.29, 0.717) is 16.5 Å². The lowest BCUT2D eigenvalue weighted by atomic mass is 9.91. The van der Waals surface area contributed by atoms with E-state index in [1.54, 1.807) is 6.92 Å². The molecule has 2 heterocycles. The average Bonchev–Trinajstić information content (AvgIpc) is 3.25. The van der Waals surface area contributed by atoms with Crippen LogP contribution in [-0.4, -0.2) is 31.7 Å². The number of benzene rings is 1. The van der Waals surface area contributed by atoms with E-state index >= 15 is 0 Å². The van der Waals surface area contributed by atoms with E-state index in [4.69, 9.17) is 15.7 Å². The number of nitrogens with two attached hydrogens (primary N) is 1. The molecule has 1 aromatic carbocycles. The van der Waals surface area contributed by atoms with Crippen molar-refractivity contribution < 1.29 is 23.5 Å². The Morgan fingerprint density at radius 2 is 2.12 bits per heavy atom. The van der Waals surface area contributed by atoms with Crippen LogP contribution in [-0.2, 0) is 16.8 Å². The second-order valence-corrected chi connectivity index (χ2v) is 9.11. The summed E-state index contributed by atoms with van der Waals surface area (Å²) in [5, 5.41) is 17.6. The minimum absolute atomic E-state index is 0.0278. The number of nitrogens with zero attached hydrogens (tertiary/aromatic N) is 4. The number of thiazole rings is 1. The number of halogens is 2. The van der Waals surface area contributed by atoms with Gasteiger partial charge in [0.05, 0.1) is 23.9 Å². The predicted octanol–water partition coefficient (Wildman–Crippen LogP) is 4.41. The van der Waals surface area contributed by atoms with E-state index in [0.717, 1.165) is 35.3 Å². The highest BCUT2D eigenvalue weighted by atomic mass is 32.1. The van der Waals surface area contributed by atoms with Crippen molar-refractivity contribution in [2.45, 2.75) is 51.2 Å². The topological polar surface area (TPSA) is 116 Å². The van der Waals surface area contributed by atoms with Crippen molar-refractivity contribution in [1.29, 1.82) is 0 Å². The summed E-state index contributed by atoms with van der Waals surface area (Å²) in [7, 11) is 0. The first-order chi connectivity index (χ1) is 15.7. The maximum Gasteiger partial charge on any atom is 0.347 e. The molecule has 1 aliphatic rings. The van der Waals surface area contributed by atoms with Crippen LogP contribution in [0.25, 0.3) is 0 Å². The summed E-state index contributed by atoms with van der Waals surface area (Å²) >= 11 is 0.955. The Morgan fingerprint density at radius 3 is 2.73 bits per heavy atom. The van der Waals surface area contributed by atoms with Crippen LogP contribution in [0.1, 0.15) is 69.5 Å². The zero-order valence-corrected chi connectivity index (χ0v) is 18.9. The fraction of sp³-hybridized carbons (Fsp3) is 0.364. The molecule has 0 radical (unpaired) electrons. The molecule has 1 fully saturated rings. The highest BCUT2D eigenvalue weighted by Crippen LogP contribution is 2.49. The number of aromatic nitrogens is 3. The molecule has 33 heavy (non-hydrogen) atoms. The van der Waals surface area contributed by atoms with E-state index in [1.807, 2.05) is 31.2 Å². The Balaban J connectivity index is 1.55. The SMILES string of the molecule is Cc1ccccc1C1(/C(N)=N/OC(C)c2cc(C(F)F)nn2Cc2ncc(C(=O)O)s2)CC1. The quantitative estimate of drug-likeness (QED) is 0.269. The van der Waals surface area contributed by atoms with Gasteiger partial charge < -0.3 is 15.7 Å². The molecule has 8 nitrogen and oxygen atoms in total. The second kappa shape index (κ2) is 8.89. The number of carboxylic acid groups (broad SMARTS) is 1. The van der Waals surface area contributed by atoms with E-state index in [9.17, 15) is 13.6 Å². The number of alkyl halides is 2. The number of aryl methyl sites for hydroxylation is 1. The first kappa shape index (κ1) is 22.8. The molecule has 0 aliphatic heterocycles. The number of rotatable bonds is 9. The molecule has 0 bridgehead atoms. The van der Waals surface area contributed by atoms with Crippen molar-refractivity contribution in [3.05, 3.63) is 68.9 Å². The Labute approximate surface area is 192 Å². The molecule has 174 valence electrons. The van der Waals surface area contributed by atoms with Crippen LogP contribution in [0.15, 0.2) is 41.7 Å². The van der Waals surface area contributed by atoms with E-state index < -0.39 is 24.2 Å². The fourth-order valence-corrected chi connectivity index (χ4v) is 4.54. The highest BCUT2D eigenvalue weighted by molar-refractivity contribution is 7.13. The Morgan fingerprint density at radius 1 is 1.39 bits per heavy atom. The Hall–Kier alpha value is -3.34. The van der Waals surface area contributed by atoms with Crippen LogP contribution in [0.4, 0.5) is 8.78 Å². The maximum absolute atomic E-state index is 13.3. The van der Waals surface area contributed by atoms with E-state index in [-0.39, 0.29) is 16.8 Å². The van der Waals surface area contributed by atoms with Gasteiger partial charge in [-0.25, -0.2) is 18.6 Å². The number of amidine groups is 1. The lowest BCUT2D eigenvalue weighted by molar-refractivity contribution is 0.0648. The van der Waals surface area contributed by atoms with Gasteiger partial charge in [0, 0.05) is 0 Å². The van der Waals surface area contributed by atoms with Crippen molar-refractivity contribution in [3.63, 3.8) is 0 Å². The minimum Gasteiger partial charge on any atom is -0.477 e. The van der Waals surface area contributed by atoms with Gasteiger partial charge in [-0.3, -0.25) is 4.68 Å². The summed E-state index contributed by atoms with van der Waals surface area (Å²) in [4.78, 5) is 20.8. The van der Waals surface area contributed by atoms with Crippen molar-refractivity contribution in [2.24, 2.45) is 10.9 Å². The summed E-state index contributed by atoms with van der Waals surface area (Å²) < 4.78 is 28.0. The van der Waals surface area contributed by atoms with Crippen LogP contribution in [0.2, 0.25) is 0 Å². The average molecular weight is 476 g/mol. The molecule has 11 heteroatoms. The second-order valence-electron chi connectivity index (χ2n) is 8.00. The fourth-order valence-electron chi connectivity index (χ4n) is 3.80. The summed E-state index contributed by atoms with van der Waals surface area (Å²) in [6, 6.07) is 9.21. The molecule has 0 spiro atoms. The largest absolute Gasteiger partial charge is 0.477 e. The van der Waals surface area contributed by atoms with Gasteiger partial charge >= 0.3 is 5.97 Å². The van der Waals surface area contributed by atoms with Crippen LogP contribution < -0.4 is 5.73 Å². The van der Waals surface area contributed by atoms with Gasteiger partial charge in [0.25, 0.3) is 6.43 Å². The van der Waals surface area contributed by atoms with E-state index in [2.05, 4.69) is 15.2 Å². The summed E-state index contributed by atoms with van der Waals surface area (Å²) in [6.45, 7) is 3.71. The van der Waals surface area contributed by atoms with Gasteiger partial charge in [-0.15, -0.1) is 11.3 Å². The lowest BCUT2D eigenvalue weighted by Gasteiger charge is -2.18. The monoisotopic (exact) mass is 475 g/mol. The molecule has 0 saturated heterocycles. The van der Waals surface area contributed by atoms with Gasteiger partial charge in [0.1, 0.15) is 21.4 Å². The van der Waals surface area contributed by atoms with Crippen molar-refractivity contribution in [2.75, 3.05) is 0 Å².